The number of aromatic amines is 1. The van der Waals surface area contributed by atoms with Crippen LogP contribution >= 0.6 is 0 Å². The van der Waals surface area contributed by atoms with Crippen LogP contribution in [-0.4, -0.2) is 54.2 Å². The molecule has 6 nitrogen and oxygen atoms in total. The lowest BCUT2D eigenvalue weighted by Gasteiger charge is -2.17. The first-order valence-electron chi connectivity index (χ1n) is 9.95. The van der Waals surface area contributed by atoms with Gasteiger partial charge in [-0.1, -0.05) is 12.1 Å². The third kappa shape index (κ3) is 6.19. The number of ether oxygens (including phenoxy) is 1. The molecule has 1 aromatic heterocycles. The van der Waals surface area contributed by atoms with Crippen LogP contribution in [0.5, 0.6) is 5.75 Å². The Balaban J connectivity index is 1.80. The van der Waals surface area contributed by atoms with E-state index in [0.717, 1.165) is 0 Å². The van der Waals surface area contributed by atoms with Gasteiger partial charge in [-0.05, 0) is 50.3 Å². The summed E-state index contributed by atoms with van der Waals surface area (Å²) in [5, 5.41) is 6.52. The number of nitrogens with two attached hydrogens (primary N) is 1. The fraction of sp³-hybridized carbons (Fsp3) is 0.304. The Kier molecular flexibility index (Phi) is 7.49. The van der Waals surface area contributed by atoms with Gasteiger partial charge in [-0.15, -0.1) is 0 Å². The summed E-state index contributed by atoms with van der Waals surface area (Å²) in [5.74, 6) is -0.726. The molecule has 0 saturated carbocycles. The van der Waals surface area contributed by atoms with Crippen LogP contribution in [0.25, 0.3) is 11.1 Å². The molecule has 0 fully saturated rings. The second-order valence-electron chi connectivity index (χ2n) is 7.66. The van der Waals surface area contributed by atoms with Gasteiger partial charge in [0.15, 0.2) is 5.78 Å². The maximum Gasteiger partial charge on any atom is 0.154 e. The smallest absolute Gasteiger partial charge is 0.154 e. The topological polar surface area (TPSA) is 84.2 Å². The van der Waals surface area contributed by atoms with E-state index in [2.05, 4.69) is 10.2 Å². The van der Waals surface area contributed by atoms with Gasteiger partial charge >= 0.3 is 0 Å². The number of halogens is 2. The van der Waals surface area contributed by atoms with Crippen LogP contribution in [0, 0.1) is 11.6 Å². The molecule has 3 N–H and O–H groups in total. The summed E-state index contributed by atoms with van der Waals surface area (Å²) in [7, 11) is 3.83. The van der Waals surface area contributed by atoms with Crippen molar-refractivity contribution in [3.05, 3.63) is 71.6 Å². The molecule has 0 spiro atoms. The van der Waals surface area contributed by atoms with E-state index >= 15 is 0 Å². The average Bonchev–Trinajstić information content (AvgIpc) is 3.23. The molecular formula is C23H26F2N4O2. The summed E-state index contributed by atoms with van der Waals surface area (Å²) in [4.78, 5) is 14.7. The molecule has 2 aromatic carbocycles. The highest BCUT2D eigenvalue weighted by molar-refractivity contribution is 5.87. The van der Waals surface area contributed by atoms with Gasteiger partial charge in [-0.2, -0.15) is 5.10 Å². The number of ketones is 1. The zero-order valence-corrected chi connectivity index (χ0v) is 17.6. The van der Waals surface area contributed by atoms with Crippen molar-refractivity contribution in [3.8, 4) is 16.9 Å². The molecule has 0 aliphatic carbocycles. The Labute approximate surface area is 180 Å². The SMILES string of the molecule is CN(C)CCOc1cc(-c2cn[nH]c2)c(F)cc1CC(=O)[C@H](N)Cc1cccc(F)c1. The lowest BCUT2D eigenvalue weighted by molar-refractivity contribution is -0.119. The molecule has 0 saturated heterocycles. The molecule has 3 rings (SSSR count). The molecule has 3 aromatic rings. The van der Waals surface area contributed by atoms with E-state index < -0.39 is 11.9 Å². The van der Waals surface area contributed by atoms with Crippen molar-refractivity contribution in [2.24, 2.45) is 5.73 Å². The number of hydrogen-bond donors (Lipinski definition) is 2. The highest BCUT2D eigenvalue weighted by Gasteiger charge is 2.20. The zero-order chi connectivity index (χ0) is 22.4. The summed E-state index contributed by atoms with van der Waals surface area (Å²) in [6.45, 7) is 1.03. The van der Waals surface area contributed by atoms with Crippen molar-refractivity contribution < 1.29 is 18.3 Å². The van der Waals surface area contributed by atoms with Crippen molar-refractivity contribution in [2.45, 2.75) is 18.9 Å². The molecule has 0 bridgehead atoms. The van der Waals surface area contributed by atoms with Crippen molar-refractivity contribution in [1.82, 2.24) is 15.1 Å². The number of nitrogens with zero attached hydrogens (tertiary/aromatic N) is 2. The van der Waals surface area contributed by atoms with Crippen LogP contribution in [0.2, 0.25) is 0 Å². The van der Waals surface area contributed by atoms with E-state index in [1.807, 2.05) is 19.0 Å². The molecule has 1 heterocycles. The van der Waals surface area contributed by atoms with Gasteiger partial charge in [-0.3, -0.25) is 9.89 Å². The first-order valence-corrected chi connectivity index (χ1v) is 9.95. The maximum atomic E-state index is 14.8. The van der Waals surface area contributed by atoms with Crippen molar-refractivity contribution >= 4 is 5.78 Å². The molecule has 8 heteroatoms. The van der Waals surface area contributed by atoms with Gasteiger partial charge in [0.2, 0.25) is 0 Å². The Bertz CT molecular complexity index is 1020. The second kappa shape index (κ2) is 10.3. The number of rotatable bonds is 10. The van der Waals surface area contributed by atoms with Crippen LogP contribution in [-0.2, 0) is 17.6 Å². The predicted molar refractivity (Wildman–Crippen MR) is 115 cm³/mol. The monoisotopic (exact) mass is 428 g/mol. The highest BCUT2D eigenvalue weighted by atomic mass is 19.1. The third-order valence-corrected chi connectivity index (χ3v) is 4.88. The molecule has 0 unspecified atom stereocenters. The van der Waals surface area contributed by atoms with Gasteiger partial charge in [0.25, 0.3) is 0 Å². The van der Waals surface area contributed by atoms with Gasteiger partial charge < -0.3 is 15.4 Å². The van der Waals surface area contributed by atoms with Crippen LogP contribution in [0.15, 0.2) is 48.8 Å². The molecule has 0 radical (unpaired) electrons. The van der Waals surface area contributed by atoms with E-state index in [1.54, 1.807) is 24.4 Å². The lowest BCUT2D eigenvalue weighted by Crippen LogP contribution is -2.34. The summed E-state index contributed by atoms with van der Waals surface area (Å²) in [5.41, 5.74) is 8.01. The molecule has 0 amide bonds. The van der Waals surface area contributed by atoms with Gasteiger partial charge in [0.1, 0.15) is 24.0 Å². The number of likely N-dealkylation sites (N-methyl/N-ethyl adjacent to an activating group) is 1. The number of carbonyl (C=O) groups excluding carboxylic acids is 1. The molecule has 164 valence electrons. The zero-order valence-electron chi connectivity index (χ0n) is 17.6. The Morgan fingerprint density at radius 1 is 1.26 bits per heavy atom. The quantitative estimate of drug-likeness (QED) is 0.519. The number of aromatic nitrogens is 2. The molecule has 0 aliphatic heterocycles. The molecule has 31 heavy (non-hydrogen) atoms. The largest absolute Gasteiger partial charge is 0.492 e. The fourth-order valence-electron chi connectivity index (χ4n) is 3.18. The van der Waals surface area contributed by atoms with Crippen molar-refractivity contribution in [3.63, 3.8) is 0 Å². The van der Waals surface area contributed by atoms with E-state index in [-0.39, 0.29) is 24.4 Å². The van der Waals surface area contributed by atoms with Crippen LogP contribution in [0.1, 0.15) is 11.1 Å². The van der Waals surface area contributed by atoms with E-state index in [9.17, 15) is 13.6 Å². The van der Waals surface area contributed by atoms with Crippen LogP contribution in [0.3, 0.4) is 0 Å². The Morgan fingerprint density at radius 2 is 2.06 bits per heavy atom. The number of hydrogen-bond acceptors (Lipinski definition) is 5. The number of H-pyrrole nitrogens is 1. The average molecular weight is 428 g/mol. The fourth-order valence-corrected chi connectivity index (χ4v) is 3.18. The normalized spacial score (nSPS) is 12.2. The summed E-state index contributed by atoms with van der Waals surface area (Å²) in [6.07, 6.45) is 3.21. The van der Waals surface area contributed by atoms with Crippen LogP contribution < -0.4 is 10.5 Å². The standard InChI is InChI=1S/C23H26F2N4O2/c1-29(2)6-7-31-23-12-19(17-13-27-28-14-17)20(25)10-16(23)11-22(30)21(26)9-15-4-3-5-18(24)8-15/h3-5,8,10,12-14,21H,6-7,9,11,26H2,1-2H3,(H,27,28)/t21-/m1/s1. The Hall–Kier alpha value is -3.10. The first kappa shape index (κ1) is 22.6. The molecule has 1 atom stereocenters. The molecular weight excluding hydrogens is 402 g/mol. The highest BCUT2D eigenvalue weighted by Crippen LogP contribution is 2.30. The van der Waals surface area contributed by atoms with E-state index in [0.29, 0.717) is 41.2 Å². The van der Waals surface area contributed by atoms with E-state index in [4.69, 9.17) is 10.5 Å². The molecule has 0 aliphatic rings. The first-order chi connectivity index (χ1) is 14.8. The van der Waals surface area contributed by atoms with Crippen LogP contribution in [0.4, 0.5) is 8.78 Å². The third-order valence-electron chi connectivity index (χ3n) is 4.88. The van der Waals surface area contributed by atoms with Gasteiger partial charge in [0.05, 0.1) is 12.2 Å². The number of carbonyl (C=O) groups is 1. The number of benzene rings is 2. The van der Waals surface area contributed by atoms with Gasteiger partial charge in [-0.25, -0.2) is 8.78 Å². The van der Waals surface area contributed by atoms with E-state index in [1.165, 1.54) is 24.4 Å². The van der Waals surface area contributed by atoms with Crippen molar-refractivity contribution in [2.75, 3.05) is 27.2 Å². The van der Waals surface area contributed by atoms with Crippen molar-refractivity contribution in [1.29, 1.82) is 0 Å². The maximum absolute atomic E-state index is 14.8. The summed E-state index contributed by atoms with van der Waals surface area (Å²) >= 11 is 0. The second-order valence-corrected chi connectivity index (χ2v) is 7.66. The minimum Gasteiger partial charge on any atom is -0.492 e. The number of Topliss-reactive ketones (excluding diaryl/α,β-unsaturated/α-hetero) is 1. The van der Waals surface area contributed by atoms with Gasteiger partial charge in [0, 0.05) is 35.9 Å². The minimum atomic E-state index is -0.840. The minimum absolute atomic E-state index is 0.0869. The Morgan fingerprint density at radius 3 is 2.74 bits per heavy atom. The number of nitrogens with one attached hydrogen (secondary N) is 1. The lowest BCUT2D eigenvalue weighted by atomic mass is 9.96. The summed E-state index contributed by atoms with van der Waals surface area (Å²) < 4.78 is 34.1. The predicted octanol–water partition coefficient (Wildman–Crippen LogP) is 2.98. The summed E-state index contributed by atoms with van der Waals surface area (Å²) in [6, 6.07) is 8.01.